The van der Waals surface area contributed by atoms with Crippen LogP contribution < -0.4 is 5.32 Å². The summed E-state index contributed by atoms with van der Waals surface area (Å²) in [5, 5.41) is 5.60. The lowest BCUT2D eigenvalue weighted by atomic mass is 9.96. The molecular formula is C14H24N2S. The van der Waals surface area contributed by atoms with Crippen molar-refractivity contribution in [2.75, 3.05) is 19.6 Å². The molecule has 1 N–H and O–H groups in total. The van der Waals surface area contributed by atoms with Crippen molar-refractivity contribution < 1.29 is 0 Å². The molecule has 0 aliphatic carbocycles. The normalized spacial score (nSPS) is 18.6. The topological polar surface area (TPSA) is 15.3 Å². The number of thiophene rings is 1. The van der Waals surface area contributed by atoms with E-state index in [1.54, 1.807) is 0 Å². The predicted octanol–water partition coefficient (Wildman–Crippen LogP) is 3.13. The highest BCUT2D eigenvalue weighted by Crippen LogP contribution is 2.33. The van der Waals surface area contributed by atoms with Crippen LogP contribution in [0.1, 0.15) is 38.1 Å². The van der Waals surface area contributed by atoms with Gasteiger partial charge in [0.2, 0.25) is 0 Å². The molecule has 1 atom stereocenters. The van der Waals surface area contributed by atoms with E-state index in [4.69, 9.17) is 0 Å². The average molecular weight is 252 g/mol. The molecule has 0 aromatic carbocycles. The number of hydrogen-bond acceptors (Lipinski definition) is 3. The number of hydrogen-bond donors (Lipinski definition) is 1. The number of nitrogens with one attached hydrogen (secondary N) is 1. The zero-order valence-electron chi connectivity index (χ0n) is 11.1. The minimum Gasteiger partial charge on any atom is -0.314 e. The summed E-state index contributed by atoms with van der Waals surface area (Å²) in [6.07, 6.45) is 1.24. The Morgan fingerprint density at radius 2 is 2.24 bits per heavy atom. The van der Waals surface area contributed by atoms with E-state index in [2.05, 4.69) is 48.5 Å². The summed E-state index contributed by atoms with van der Waals surface area (Å²) in [5.74, 6) is 0.681. The van der Waals surface area contributed by atoms with Crippen molar-refractivity contribution in [1.29, 1.82) is 0 Å². The van der Waals surface area contributed by atoms with Crippen molar-refractivity contribution in [3.8, 4) is 0 Å². The first-order valence-corrected chi connectivity index (χ1v) is 7.61. The second kappa shape index (κ2) is 5.98. The Hall–Kier alpha value is -0.380. The Morgan fingerprint density at radius 3 is 2.65 bits per heavy atom. The Kier molecular flexibility index (Phi) is 4.60. The van der Waals surface area contributed by atoms with Crippen molar-refractivity contribution >= 4 is 11.3 Å². The average Bonchev–Trinajstić information content (AvgIpc) is 2.68. The van der Waals surface area contributed by atoms with E-state index in [1.165, 1.54) is 17.8 Å². The first kappa shape index (κ1) is 13.1. The van der Waals surface area contributed by atoms with E-state index in [1.807, 2.05) is 11.3 Å². The molecule has 0 radical (unpaired) electrons. The molecule has 2 nitrogen and oxygen atoms in total. The molecule has 3 heteroatoms. The predicted molar refractivity (Wildman–Crippen MR) is 75.6 cm³/mol. The summed E-state index contributed by atoms with van der Waals surface area (Å²) in [7, 11) is 0. The summed E-state index contributed by atoms with van der Waals surface area (Å²) in [6.45, 7) is 10.5. The standard InChI is InChI=1S/C14H24N2S/c1-4-7-16(12-9-15-10-12)14(11(2)3)13-6-5-8-17-13/h5-6,8,11-12,14-15H,4,7,9-10H2,1-3H3. The fraction of sp³-hybridized carbons (Fsp3) is 0.714. The van der Waals surface area contributed by atoms with Gasteiger partial charge in [-0.2, -0.15) is 0 Å². The van der Waals surface area contributed by atoms with Crippen molar-refractivity contribution in [1.82, 2.24) is 10.2 Å². The Labute approximate surface area is 109 Å². The molecule has 1 unspecified atom stereocenters. The van der Waals surface area contributed by atoms with Crippen LogP contribution in [0.2, 0.25) is 0 Å². The molecule has 1 fully saturated rings. The van der Waals surface area contributed by atoms with Crippen molar-refractivity contribution in [3.63, 3.8) is 0 Å². The molecule has 0 spiro atoms. The van der Waals surface area contributed by atoms with Crippen molar-refractivity contribution in [3.05, 3.63) is 22.4 Å². The summed E-state index contributed by atoms with van der Waals surface area (Å²) < 4.78 is 0. The molecule has 17 heavy (non-hydrogen) atoms. The van der Waals surface area contributed by atoms with E-state index in [0.29, 0.717) is 12.0 Å². The van der Waals surface area contributed by atoms with Crippen LogP contribution in [0.3, 0.4) is 0 Å². The molecule has 0 saturated carbocycles. The second-order valence-electron chi connectivity index (χ2n) is 5.25. The molecule has 2 heterocycles. The van der Waals surface area contributed by atoms with Gasteiger partial charge in [0.1, 0.15) is 0 Å². The first-order valence-electron chi connectivity index (χ1n) is 6.74. The van der Waals surface area contributed by atoms with Crippen molar-refractivity contribution in [2.24, 2.45) is 5.92 Å². The van der Waals surface area contributed by atoms with E-state index >= 15 is 0 Å². The van der Waals surface area contributed by atoms with Gasteiger partial charge in [0.15, 0.2) is 0 Å². The van der Waals surface area contributed by atoms with E-state index in [-0.39, 0.29) is 0 Å². The zero-order valence-corrected chi connectivity index (χ0v) is 12.0. The maximum Gasteiger partial charge on any atom is 0.0468 e. The quantitative estimate of drug-likeness (QED) is 0.837. The molecule has 96 valence electrons. The maximum atomic E-state index is 3.40. The monoisotopic (exact) mass is 252 g/mol. The Morgan fingerprint density at radius 1 is 1.47 bits per heavy atom. The van der Waals surface area contributed by atoms with E-state index < -0.39 is 0 Å². The third-order valence-corrected chi connectivity index (χ3v) is 4.48. The zero-order chi connectivity index (χ0) is 12.3. The summed E-state index contributed by atoms with van der Waals surface area (Å²) >= 11 is 1.90. The SMILES string of the molecule is CCCN(C1CNC1)C(c1cccs1)C(C)C. The van der Waals surface area contributed by atoms with Crippen LogP contribution in [0.15, 0.2) is 17.5 Å². The maximum absolute atomic E-state index is 3.40. The molecule has 1 aliphatic heterocycles. The van der Waals surface area contributed by atoms with Gasteiger partial charge in [-0.25, -0.2) is 0 Å². The smallest absolute Gasteiger partial charge is 0.0468 e. The highest BCUT2D eigenvalue weighted by molar-refractivity contribution is 7.10. The third-order valence-electron chi connectivity index (χ3n) is 3.53. The fourth-order valence-corrected chi connectivity index (χ4v) is 3.67. The van der Waals surface area contributed by atoms with Crippen LogP contribution in [0, 0.1) is 5.92 Å². The first-order chi connectivity index (χ1) is 8.24. The van der Waals surface area contributed by atoms with Crippen LogP contribution >= 0.6 is 11.3 Å². The molecule has 1 aromatic heterocycles. The second-order valence-corrected chi connectivity index (χ2v) is 6.23. The lowest BCUT2D eigenvalue weighted by Gasteiger charge is -2.44. The largest absolute Gasteiger partial charge is 0.314 e. The van der Waals surface area contributed by atoms with Crippen LogP contribution in [-0.2, 0) is 0 Å². The van der Waals surface area contributed by atoms with Crippen LogP contribution in [0.25, 0.3) is 0 Å². The molecule has 2 rings (SSSR count). The van der Waals surface area contributed by atoms with Gasteiger partial charge in [0.25, 0.3) is 0 Å². The molecule has 1 saturated heterocycles. The van der Waals surface area contributed by atoms with Crippen LogP contribution in [0.4, 0.5) is 0 Å². The fourth-order valence-electron chi connectivity index (χ4n) is 2.65. The highest BCUT2D eigenvalue weighted by Gasteiger charge is 2.32. The molecule has 0 bridgehead atoms. The van der Waals surface area contributed by atoms with Crippen molar-refractivity contribution in [2.45, 2.75) is 39.3 Å². The van der Waals surface area contributed by atoms with Gasteiger partial charge in [-0.15, -0.1) is 11.3 Å². The highest BCUT2D eigenvalue weighted by atomic mass is 32.1. The molecule has 1 aromatic rings. The van der Waals surface area contributed by atoms with Gasteiger partial charge >= 0.3 is 0 Å². The van der Waals surface area contributed by atoms with Crippen LogP contribution in [-0.4, -0.2) is 30.6 Å². The third kappa shape index (κ3) is 2.90. The number of rotatable bonds is 6. The minimum atomic E-state index is 0.599. The Balaban J connectivity index is 2.16. The summed E-state index contributed by atoms with van der Waals surface area (Å²) in [4.78, 5) is 4.24. The lowest BCUT2D eigenvalue weighted by Crippen LogP contribution is -2.58. The summed E-state index contributed by atoms with van der Waals surface area (Å²) in [5.41, 5.74) is 0. The minimum absolute atomic E-state index is 0.599. The summed E-state index contributed by atoms with van der Waals surface area (Å²) in [6, 6.07) is 5.81. The number of nitrogens with zero attached hydrogens (tertiary/aromatic N) is 1. The molecule has 0 amide bonds. The van der Waals surface area contributed by atoms with E-state index in [0.717, 1.165) is 19.1 Å². The molecular weight excluding hydrogens is 228 g/mol. The van der Waals surface area contributed by atoms with Gasteiger partial charge in [-0.3, -0.25) is 4.90 Å². The van der Waals surface area contributed by atoms with Gasteiger partial charge < -0.3 is 5.32 Å². The van der Waals surface area contributed by atoms with Gasteiger partial charge in [-0.05, 0) is 30.3 Å². The van der Waals surface area contributed by atoms with Crippen LogP contribution in [0.5, 0.6) is 0 Å². The van der Waals surface area contributed by atoms with Gasteiger partial charge in [0.05, 0.1) is 0 Å². The Bertz CT molecular complexity index is 317. The lowest BCUT2D eigenvalue weighted by molar-refractivity contribution is 0.0713. The molecule has 1 aliphatic rings. The van der Waals surface area contributed by atoms with Gasteiger partial charge in [-0.1, -0.05) is 26.8 Å². The van der Waals surface area contributed by atoms with E-state index in [9.17, 15) is 0 Å². The van der Waals surface area contributed by atoms with Gasteiger partial charge in [0, 0.05) is 30.1 Å².